The lowest BCUT2D eigenvalue weighted by molar-refractivity contribution is -0.129. The number of aliphatic hydroxyl groups excluding tert-OH is 1. The van der Waals surface area contributed by atoms with Crippen molar-refractivity contribution in [3.63, 3.8) is 0 Å². The highest BCUT2D eigenvalue weighted by Gasteiger charge is 2.36. The normalized spacial score (nSPS) is 17.1. The smallest absolute Gasteiger partial charge is 0.294 e. The van der Waals surface area contributed by atoms with Crippen molar-refractivity contribution >= 4 is 46.2 Å². The van der Waals surface area contributed by atoms with E-state index in [1.807, 2.05) is 17.5 Å². The van der Waals surface area contributed by atoms with Crippen LogP contribution < -0.4 is 5.32 Å². The molecular weight excluding hydrogens is 300 g/mol. The van der Waals surface area contributed by atoms with Crippen molar-refractivity contribution < 1.29 is 19.5 Å². The molecule has 1 fully saturated rings. The van der Waals surface area contributed by atoms with Gasteiger partial charge in [-0.3, -0.25) is 19.3 Å². The molecule has 0 unspecified atom stereocenters. The molecule has 2 N–H and O–H groups in total. The van der Waals surface area contributed by atoms with Crippen LogP contribution in [0.3, 0.4) is 0 Å². The highest BCUT2D eigenvalue weighted by Crippen LogP contribution is 2.32. The van der Waals surface area contributed by atoms with Crippen molar-refractivity contribution in [3.8, 4) is 0 Å². The van der Waals surface area contributed by atoms with Crippen LogP contribution in [-0.2, 0) is 9.59 Å². The topological polar surface area (TPSA) is 86.7 Å². The van der Waals surface area contributed by atoms with E-state index in [-0.39, 0.29) is 19.7 Å². The predicted molar refractivity (Wildman–Crippen MR) is 77.1 cm³/mol. The van der Waals surface area contributed by atoms with Gasteiger partial charge in [-0.05, 0) is 29.3 Å². The highest BCUT2D eigenvalue weighted by atomic mass is 32.2. The molecule has 8 heteroatoms. The number of carbonyl (C=O) groups excluding carboxylic acids is 3. The molecule has 3 amide bonds. The van der Waals surface area contributed by atoms with Crippen LogP contribution >= 0.6 is 23.1 Å². The number of thioether (sulfide) groups is 1. The zero-order chi connectivity index (χ0) is 14.5. The van der Waals surface area contributed by atoms with Crippen LogP contribution in [0.1, 0.15) is 4.88 Å². The monoisotopic (exact) mass is 312 g/mol. The van der Waals surface area contributed by atoms with Crippen LogP contribution in [0.2, 0.25) is 0 Å². The van der Waals surface area contributed by atoms with Gasteiger partial charge in [0, 0.05) is 11.4 Å². The summed E-state index contributed by atoms with van der Waals surface area (Å²) < 4.78 is 0. The van der Waals surface area contributed by atoms with Crippen molar-refractivity contribution in [2.75, 3.05) is 19.7 Å². The lowest BCUT2D eigenvalue weighted by Gasteiger charge is -2.11. The molecular formula is C12H12N2O4S2. The molecule has 1 aromatic rings. The molecule has 0 aromatic carbocycles. The molecule has 0 saturated carbocycles. The summed E-state index contributed by atoms with van der Waals surface area (Å²) in [5.41, 5.74) is 0. The first-order valence-corrected chi connectivity index (χ1v) is 7.48. The Balaban J connectivity index is 2.04. The van der Waals surface area contributed by atoms with E-state index in [1.165, 1.54) is 11.3 Å². The molecule has 0 aliphatic carbocycles. The molecule has 106 valence electrons. The summed E-state index contributed by atoms with van der Waals surface area (Å²) in [6.45, 7) is -0.418. The number of imide groups is 1. The number of amides is 3. The van der Waals surface area contributed by atoms with Crippen LogP contribution in [0.4, 0.5) is 4.79 Å². The molecule has 20 heavy (non-hydrogen) atoms. The molecule has 0 spiro atoms. The molecule has 1 aliphatic heterocycles. The first kappa shape index (κ1) is 14.8. The van der Waals surface area contributed by atoms with Gasteiger partial charge in [0.2, 0.25) is 5.91 Å². The van der Waals surface area contributed by atoms with Crippen LogP contribution in [0.5, 0.6) is 0 Å². The van der Waals surface area contributed by atoms with Crippen molar-refractivity contribution in [2.24, 2.45) is 0 Å². The summed E-state index contributed by atoms with van der Waals surface area (Å²) in [4.78, 5) is 37.3. The van der Waals surface area contributed by atoms with Crippen molar-refractivity contribution in [3.05, 3.63) is 27.3 Å². The van der Waals surface area contributed by atoms with Crippen LogP contribution in [0.25, 0.3) is 6.08 Å². The standard InChI is InChI=1S/C12H12N2O4S2/c15-4-3-13-10(16)7-14-11(17)9(20-12(14)18)6-8-2-1-5-19-8/h1-2,5-6,15H,3-4,7H2,(H,13,16)/b9-6-. The minimum atomic E-state index is -0.473. The van der Waals surface area contributed by atoms with Gasteiger partial charge in [-0.2, -0.15) is 0 Å². The SMILES string of the molecule is O=C(CN1C(=O)S/C(=C\c2cccs2)C1=O)NCCO. The number of thiophene rings is 1. The molecule has 6 nitrogen and oxygen atoms in total. The van der Waals surface area contributed by atoms with E-state index in [2.05, 4.69) is 5.32 Å². The number of aliphatic hydroxyl groups is 1. The van der Waals surface area contributed by atoms with Gasteiger partial charge in [-0.25, -0.2) is 0 Å². The lowest BCUT2D eigenvalue weighted by atomic mass is 10.3. The van der Waals surface area contributed by atoms with Crippen molar-refractivity contribution in [2.45, 2.75) is 0 Å². The summed E-state index contributed by atoms with van der Waals surface area (Å²) >= 11 is 2.28. The molecule has 2 rings (SSSR count). The van der Waals surface area contributed by atoms with Gasteiger partial charge in [-0.15, -0.1) is 11.3 Å². The van der Waals surface area contributed by atoms with Gasteiger partial charge >= 0.3 is 0 Å². The van der Waals surface area contributed by atoms with Crippen LogP contribution in [-0.4, -0.2) is 46.8 Å². The summed E-state index contributed by atoms with van der Waals surface area (Å²) in [6.07, 6.45) is 1.64. The van der Waals surface area contributed by atoms with E-state index in [0.717, 1.165) is 21.5 Å². The molecule has 1 aliphatic rings. The summed E-state index contributed by atoms with van der Waals surface area (Å²) in [5.74, 6) is -0.939. The Bertz CT molecular complexity index is 554. The summed E-state index contributed by atoms with van der Waals surface area (Å²) in [7, 11) is 0. The largest absolute Gasteiger partial charge is 0.395 e. The second kappa shape index (κ2) is 6.69. The Labute approximate surface area is 123 Å². The van der Waals surface area contributed by atoms with Crippen LogP contribution in [0.15, 0.2) is 22.4 Å². The molecule has 2 heterocycles. The predicted octanol–water partition coefficient (Wildman–Crippen LogP) is 0.893. The van der Waals surface area contributed by atoms with Gasteiger partial charge in [0.05, 0.1) is 11.5 Å². The Kier molecular flexibility index (Phi) is 4.94. The van der Waals surface area contributed by atoms with E-state index in [1.54, 1.807) is 6.08 Å². The van der Waals surface area contributed by atoms with E-state index < -0.39 is 17.1 Å². The van der Waals surface area contributed by atoms with E-state index >= 15 is 0 Å². The summed E-state index contributed by atoms with van der Waals surface area (Å²) in [6, 6.07) is 3.69. The zero-order valence-electron chi connectivity index (χ0n) is 10.4. The van der Waals surface area contributed by atoms with Crippen molar-refractivity contribution in [1.82, 2.24) is 10.2 Å². The maximum absolute atomic E-state index is 12.0. The number of rotatable bonds is 5. The average molecular weight is 312 g/mol. The number of nitrogens with zero attached hydrogens (tertiary/aromatic N) is 1. The van der Waals surface area contributed by atoms with E-state index in [4.69, 9.17) is 5.11 Å². The van der Waals surface area contributed by atoms with Crippen molar-refractivity contribution in [1.29, 1.82) is 0 Å². The Hall–Kier alpha value is -1.64. The zero-order valence-corrected chi connectivity index (χ0v) is 12.0. The third-order valence-corrected chi connectivity index (χ3v) is 4.15. The maximum Gasteiger partial charge on any atom is 0.294 e. The minimum absolute atomic E-state index is 0.0973. The fourth-order valence-corrected chi connectivity index (χ4v) is 3.09. The molecule has 1 saturated heterocycles. The Morgan fingerprint density at radius 1 is 1.45 bits per heavy atom. The number of hydrogen-bond acceptors (Lipinski definition) is 6. The number of hydrogen-bond donors (Lipinski definition) is 2. The third kappa shape index (κ3) is 3.47. The third-order valence-electron chi connectivity index (χ3n) is 2.43. The van der Waals surface area contributed by atoms with Gasteiger partial charge in [0.1, 0.15) is 6.54 Å². The van der Waals surface area contributed by atoms with Crippen LogP contribution in [0, 0.1) is 0 Å². The van der Waals surface area contributed by atoms with E-state index in [0.29, 0.717) is 4.91 Å². The van der Waals surface area contributed by atoms with Gasteiger partial charge < -0.3 is 10.4 Å². The fourth-order valence-electron chi connectivity index (χ4n) is 1.53. The number of nitrogens with one attached hydrogen (secondary N) is 1. The molecule has 0 atom stereocenters. The highest BCUT2D eigenvalue weighted by molar-refractivity contribution is 8.18. The number of carbonyl (C=O) groups is 3. The van der Waals surface area contributed by atoms with Gasteiger partial charge in [0.15, 0.2) is 0 Å². The van der Waals surface area contributed by atoms with Gasteiger partial charge in [0.25, 0.3) is 11.1 Å². The average Bonchev–Trinajstić information content (AvgIpc) is 3.01. The second-order valence-corrected chi connectivity index (χ2v) is 5.83. The minimum Gasteiger partial charge on any atom is -0.395 e. The molecule has 0 bridgehead atoms. The maximum atomic E-state index is 12.0. The molecule has 0 radical (unpaired) electrons. The fraction of sp³-hybridized carbons (Fsp3) is 0.250. The Morgan fingerprint density at radius 2 is 2.25 bits per heavy atom. The van der Waals surface area contributed by atoms with Gasteiger partial charge in [-0.1, -0.05) is 6.07 Å². The Morgan fingerprint density at radius 3 is 2.90 bits per heavy atom. The quantitative estimate of drug-likeness (QED) is 0.789. The summed E-state index contributed by atoms with van der Waals surface area (Å²) in [5, 5.41) is 12.4. The first-order valence-electron chi connectivity index (χ1n) is 5.78. The second-order valence-electron chi connectivity index (χ2n) is 3.86. The first-order chi connectivity index (χ1) is 9.61. The lowest BCUT2D eigenvalue weighted by Crippen LogP contribution is -2.40. The molecule has 1 aromatic heterocycles. The van der Waals surface area contributed by atoms with E-state index in [9.17, 15) is 14.4 Å².